The minimum absolute atomic E-state index is 0.00589. The van der Waals surface area contributed by atoms with Gasteiger partial charge in [-0.15, -0.1) is 5.10 Å². The number of carboxylic acid groups (broad SMARTS) is 1. The van der Waals surface area contributed by atoms with Crippen molar-refractivity contribution in [3.8, 4) is 16.7 Å². The third-order valence-corrected chi connectivity index (χ3v) is 8.10. The standard InChI is InChI=1S/C29H25F3N6O7S2/c30-29(31,32)18-5-1-16(2-6-18)11-23(27(41)42)34-26(40)24(12-17-3-7-20(39)8-4-17)38-14-19(36-37-38)15-44-21-9-10-25-22(13-21)35-28(46-25)45-47(33)43/h1-10,13-14,23-24,39H,11-12,15,33H2,(H,34,40)(H,41,42). The van der Waals surface area contributed by atoms with Crippen molar-refractivity contribution in [2.24, 2.45) is 5.14 Å². The zero-order valence-electron chi connectivity index (χ0n) is 24.0. The lowest BCUT2D eigenvalue weighted by Gasteiger charge is -2.21. The molecule has 5 N–H and O–H groups in total. The predicted octanol–water partition coefficient (Wildman–Crippen LogP) is 3.70. The number of carbonyl (C=O) groups is 2. The SMILES string of the molecule is NS(=O)Oc1nc2cc(OCc3cn(C(Cc4ccc(O)cc4)C(=O)NC(Cc4ccc(C(F)(F)F)cc4)C(=O)O)nn3)ccc2s1. The second kappa shape index (κ2) is 14.1. The van der Waals surface area contributed by atoms with Gasteiger partial charge in [0, 0.05) is 18.9 Å². The van der Waals surface area contributed by atoms with Gasteiger partial charge in [-0.1, -0.05) is 40.8 Å². The Labute approximate surface area is 270 Å². The minimum Gasteiger partial charge on any atom is -0.508 e. The molecule has 3 atom stereocenters. The summed E-state index contributed by atoms with van der Waals surface area (Å²) in [7, 11) is 0. The Morgan fingerprint density at radius 2 is 1.72 bits per heavy atom. The van der Waals surface area contributed by atoms with E-state index in [9.17, 15) is 37.2 Å². The Balaban J connectivity index is 1.31. The number of aromatic nitrogens is 4. The summed E-state index contributed by atoms with van der Waals surface area (Å²) in [4.78, 5) is 29.8. The zero-order chi connectivity index (χ0) is 33.7. The number of phenolic OH excluding ortho intramolecular Hbond substituents is 1. The van der Waals surface area contributed by atoms with Crippen LogP contribution in [0, 0.1) is 0 Å². The summed E-state index contributed by atoms with van der Waals surface area (Å²) in [6, 6.07) is 12.5. The van der Waals surface area contributed by atoms with E-state index in [4.69, 9.17) is 14.1 Å². The number of hydrogen-bond donors (Lipinski definition) is 4. The highest BCUT2D eigenvalue weighted by atomic mass is 32.2. The third kappa shape index (κ3) is 8.81. The highest BCUT2D eigenvalue weighted by molar-refractivity contribution is 7.78. The van der Waals surface area contributed by atoms with Crippen molar-refractivity contribution in [3.63, 3.8) is 0 Å². The van der Waals surface area contributed by atoms with Gasteiger partial charge >= 0.3 is 12.1 Å². The van der Waals surface area contributed by atoms with Gasteiger partial charge < -0.3 is 24.4 Å². The summed E-state index contributed by atoms with van der Waals surface area (Å²) in [5, 5.41) is 35.4. The first-order valence-electron chi connectivity index (χ1n) is 13.6. The van der Waals surface area contributed by atoms with E-state index in [1.54, 1.807) is 30.3 Å². The zero-order valence-corrected chi connectivity index (χ0v) is 25.6. The third-order valence-electron chi connectivity index (χ3n) is 6.76. The van der Waals surface area contributed by atoms with E-state index in [2.05, 4.69) is 20.6 Å². The largest absolute Gasteiger partial charge is 0.508 e. The van der Waals surface area contributed by atoms with E-state index in [1.807, 2.05) is 0 Å². The molecule has 2 aromatic heterocycles. The molecule has 0 aliphatic rings. The lowest BCUT2D eigenvalue weighted by Crippen LogP contribution is -2.46. The quantitative estimate of drug-likeness (QED) is 0.142. The number of thiazole rings is 1. The molecule has 1 amide bonds. The molecule has 0 aliphatic heterocycles. The van der Waals surface area contributed by atoms with Crippen molar-refractivity contribution >= 4 is 44.7 Å². The molecule has 5 aromatic rings. The van der Waals surface area contributed by atoms with Gasteiger partial charge in [0.25, 0.3) is 16.5 Å². The normalized spacial score (nSPS) is 13.5. The number of nitrogens with two attached hydrogens (primary N) is 1. The molecule has 0 spiro atoms. The van der Waals surface area contributed by atoms with Crippen molar-refractivity contribution in [1.82, 2.24) is 25.3 Å². The molecule has 0 radical (unpaired) electrons. The fourth-order valence-corrected chi connectivity index (χ4v) is 5.66. The van der Waals surface area contributed by atoms with Crippen molar-refractivity contribution in [2.45, 2.75) is 37.7 Å². The summed E-state index contributed by atoms with van der Waals surface area (Å²) in [6.45, 7) is -0.0644. The van der Waals surface area contributed by atoms with Crippen molar-refractivity contribution in [2.75, 3.05) is 0 Å². The molecule has 2 heterocycles. The number of carboxylic acids is 1. The van der Waals surface area contributed by atoms with Crippen molar-refractivity contribution in [3.05, 3.63) is 95.3 Å². The number of phenols is 1. The molecular formula is C29H25F3N6O7S2. The number of hydrogen-bond acceptors (Lipinski definition) is 10. The van der Waals surface area contributed by atoms with Crippen LogP contribution >= 0.6 is 11.3 Å². The number of nitrogens with zero attached hydrogens (tertiary/aromatic N) is 4. The van der Waals surface area contributed by atoms with Crippen LogP contribution in [0.5, 0.6) is 16.7 Å². The number of rotatable bonds is 13. The monoisotopic (exact) mass is 690 g/mol. The Morgan fingerprint density at radius 3 is 2.38 bits per heavy atom. The van der Waals surface area contributed by atoms with Crippen LogP contribution in [0.4, 0.5) is 13.2 Å². The molecule has 0 saturated heterocycles. The molecule has 5 rings (SSSR count). The molecule has 0 fully saturated rings. The number of nitrogens with one attached hydrogen (secondary N) is 1. The van der Waals surface area contributed by atoms with Gasteiger partial charge in [0.15, 0.2) is 0 Å². The molecule has 3 unspecified atom stereocenters. The lowest BCUT2D eigenvalue weighted by atomic mass is 10.0. The van der Waals surface area contributed by atoms with Crippen LogP contribution in [0.2, 0.25) is 0 Å². The summed E-state index contributed by atoms with van der Waals surface area (Å²) in [5.74, 6) is -1.70. The Bertz CT molecular complexity index is 1900. The number of aromatic hydroxyl groups is 1. The number of benzene rings is 3. The average molecular weight is 691 g/mol. The van der Waals surface area contributed by atoms with Gasteiger partial charge in [0.05, 0.1) is 22.0 Å². The lowest BCUT2D eigenvalue weighted by molar-refractivity contribution is -0.142. The van der Waals surface area contributed by atoms with Crippen LogP contribution in [0.25, 0.3) is 10.2 Å². The van der Waals surface area contributed by atoms with Gasteiger partial charge in [-0.2, -0.15) is 17.4 Å². The first-order chi connectivity index (χ1) is 22.3. The molecular weight excluding hydrogens is 665 g/mol. The number of amides is 1. The molecule has 246 valence electrons. The first kappa shape index (κ1) is 33.3. The van der Waals surface area contributed by atoms with Crippen molar-refractivity contribution in [1.29, 1.82) is 0 Å². The predicted molar refractivity (Wildman–Crippen MR) is 162 cm³/mol. The Morgan fingerprint density at radius 1 is 1.04 bits per heavy atom. The number of carbonyl (C=O) groups excluding carboxylic acids is 1. The van der Waals surface area contributed by atoms with Crippen molar-refractivity contribution < 1.29 is 46.1 Å². The smallest absolute Gasteiger partial charge is 0.416 e. The van der Waals surface area contributed by atoms with Gasteiger partial charge in [-0.25, -0.2) is 19.6 Å². The van der Waals surface area contributed by atoms with E-state index in [0.717, 1.165) is 40.3 Å². The average Bonchev–Trinajstić information content (AvgIpc) is 3.65. The maximum Gasteiger partial charge on any atom is 0.416 e. The highest BCUT2D eigenvalue weighted by Crippen LogP contribution is 2.31. The molecule has 0 aliphatic carbocycles. The van der Waals surface area contributed by atoms with Crippen LogP contribution in [0.3, 0.4) is 0 Å². The molecule has 18 heteroatoms. The van der Waals surface area contributed by atoms with Gasteiger partial charge in [-0.05, 0) is 47.5 Å². The first-order valence-corrected chi connectivity index (χ1v) is 15.6. The second-order valence-corrected chi connectivity index (χ2v) is 11.8. The van der Waals surface area contributed by atoms with Crippen LogP contribution in [-0.2, 0) is 46.5 Å². The fraction of sp³-hybridized carbons (Fsp3) is 0.207. The summed E-state index contributed by atoms with van der Waals surface area (Å²) >= 11 is -0.869. The van der Waals surface area contributed by atoms with E-state index >= 15 is 0 Å². The van der Waals surface area contributed by atoms with Crippen LogP contribution < -0.4 is 19.4 Å². The van der Waals surface area contributed by atoms with E-state index in [0.29, 0.717) is 22.5 Å². The number of aliphatic carboxylic acids is 1. The highest BCUT2D eigenvalue weighted by Gasteiger charge is 2.31. The topological polar surface area (TPSA) is 192 Å². The number of alkyl halides is 3. The minimum atomic E-state index is -4.55. The van der Waals surface area contributed by atoms with E-state index < -0.39 is 47.0 Å². The number of fused-ring (bicyclic) bond motifs is 1. The maximum atomic E-state index is 13.6. The van der Waals surface area contributed by atoms with E-state index in [-0.39, 0.29) is 36.0 Å². The molecule has 3 aromatic carbocycles. The summed E-state index contributed by atoms with van der Waals surface area (Å²) in [6.07, 6.45) is -3.34. The maximum absolute atomic E-state index is 13.6. The number of ether oxygens (including phenoxy) is 1. The molecule has 0 saturated carbocycles. The van der Waals surface area contributed by atoms with Crippen LogP contribution in [-0.4, -0.2) is 52.3 Å². The van der Waals surface area contributed by atoms with Gasteiger partial charge in [-0.3, -0.25) is 4.79 Å². The van der Waals surface area contributed by atoms with Gasteiger partial charge in [0.1, 0.15) is 35.9 Å². The molecule has 47 heavy (non-hydrogen) atoms. The van der Waals surface area contributed by atoms with Crippen LogP contribution in [0.15, 0.2) is 72.9 Å². The summed E-state index contributed by atoms with van der Waals surface area (Å²) < 4.78 is 62.7. The van der Waals surface area contributed by atoms with E-state index in [1.165, 1.54) is 23.0 Å². The Kier molecular flexibility index (Phi) is 10.0. The van der Waals surface area contributed by atoms with Crippen LogP contribution in [0.1, 0.15) is 28.4 Å². The molecule has 0 bridgehead atoms. The second-order valence-electron chi connectivity index (χ2n) is 10.1. The Hall–Kier alpha value is -5.07. The van der Waals surface area contributed by atoms with Gasteiger partial charge in [0.2, 0.25) is 5.91 Å². The summed E-state index contributed by atoms with van der Waals surface area (Å²) in [5.41, 5.74) is 0.852. The fourth-order valence-electron chi connectivity index (χ4n) is 4.47. The number of halogens is 3. The molecule has 13 nitrogen and oxygen atoms in total.